The van der Waals surface area contributed by atoms with Gasteiger partial charge in [0.1, 0.15) is 0 Å². The normalized spacial score (nSPS) is 15.6. The summed E-state index contributed by atoms with van der Waals surface area (Å²) in [5.74, 6) is 0.0519. The molecule has 25 heavy (non-hydrogen) atoms. The zero-order valence-electron chi connectivity index (χ0n) is 14.4. The van der Waals surface area contributed by atoms with Crippen LogP contribution in [-0.2, 0) is 0 Å². The smallest absolute Gasteiger partial charge is 0.264 e. The number of piperazine rings is 1. The molecule has 1 aromatic heterocycles. The minimum Gasteiger partial charge on any atom is -0.335 e. The van der Waals surface area contributed by atoms with E-state index in [2.05, 4.69) is 29.2 Å². The second-order valence-corrected chi connectivity index (χ2v) is 7.21. The largest absolute Gasteiger partial charge is 0.335 e. The number of rotatable bonds is 5. The Kier molecular flexibility index (Phi) is 5.79. The molecule has 0 bridgehead atoms. The first-order valence-corrected chi connectivity index (χ1v) is 9.29. The van der Waals surface area contributed by atoms with E-state index in [4.69, 9.17) is 0 Å². The quantitative estimate of drug-likeness (QED) is 0.773. The van der Waals surface area contributed by atoms with Gasteiger partial charge in [-0.3, -0.25) is 14.5 Å². The summed E-state index contributed by atoms with van der Waals surface area (Å²) in [5, 5.41) is 0. The van der Waals surface area contributed by atoms with Gasteiger partial charge in [-0.2, -0.15) is 0 Å². The number of thiophene rings is 1. The lowest BCUT2D eigenvalue weighted by molar-refractivity contribution is 0.0655. The van der Waals surface area contributed by atoms with Gasteiger partial charge >= 0.3 is 0 Å². The molecular weight excluding hydrogens is 332 g/mol. The van der Waals surface area contributed by atoms with Gasteiger partial charge in [-0.15, -0.1) is 11.3 Å². The van der Waals surface area contributed by atoms with Crippen molar-refractivity contribution in [1.82, 2.24) is 9.80 Å². The van der Waals surface area contributed by atoms with E-state index in [1.54, 1.807) is 12.1 Å². The van der Waals surface area contributed by atoms with Crippen LogP contribution in [0.15, 0.2) is 48.5 Å². The predicted octanol–water partition coefficient (Wildman–Crippen LogP) is 3.42. The van der Waals surface area contributed by atoms with Crippen molar-refractivity contribution < 1.29 is 9.59 Å². The fourth-order valence-corrected chi connectivity index (χ4v) is 3.70. The monoisotopic (exact) mass is 354 g/mol. The van der Waals surface area contributed by atoms with Crippen molar-refractivity contribution in [2.75, 3.05) is 32.7 Å². The number of benzene rings is 1. The number of nitrogens with zero attached hydrogens (tertiary/aromatic N) is 2. The summed E-state index contributed by atoms with van der Waals surface area (Å²) in [6.07, 6.45) is 4.30. The summed E-state index contributed by atoms with van der Waals surface area (Å²) in [7, 11) is 0. The first-order valence-electron chi connectivity index (χ1n) is 8.47. The second-order valence-electron chi connectivity index (χ2n) is 6.13. The molecule has 0 spiro atoms. The third-order valence-corrected chi connectivity index (χ3v) is 5.47. The van der Waals surface area contributed by atoms with Crippen molar-refractivity contribution in [2.24, 2.45) is 0 Å². The molecule has 1 aromatic carbocycles. The van der Waals surface area contributed by atoms with E-state index >= 15 is 0 Å². The number of Topliss-reactive ketones (excluding diaryl/α,β-unsaturated/α-hetero) is 1. The molecule has 1 fully saturated rings. The average Bonchev–Trinajstić information content (AvgIpc) is 3.13. The Morgan fingerprint density at radius 2 is 1.68 bits per heavy atom. The van der Waals surface area contributed by atoms with Crippen molar-refractivity contribution >= 4 is 29.1 Å². The number of hydrogen-bond donors (Lipinski definition) is 0. The second kappa shape index (κ2) is 8.23. The lowest BCUT2D eigenvalue weighted by Crippen LogP contribution is -2.48. The van der Waals surface area contributed by atoms with E-state index in [1.165, 1.54) is 23.8 Å². The standard InChI is InChI=1S/C20H22N2O2S/c1-16(23)18-9-10-19(25-18)20(24)22-14-12-21(13-15-22)11-5-8-17-6-3-2-4-7-17/h2-10H,11-15H2,1H3. The van der Waals surface area contributed by atoms with Crippen LogP contribution in [0.25, 0.3) is 6.08 Å². The van der Waals surface area contributed by atoms with Crippen LogP contribution in [0, 0.1) is 0 Å². The summed E-state index contributed by atoms with van der Waals surface area (Å²) in [4.78, 5) is 29.4. The maximum absolute atomic E-state index is 12.5. The average molecular weight is 354 g/mol. The summed E-state index contributed by atoms with van der Waals surface area (Å²) in [6.45, 7) is 5.62. The molecule has 130 valence electrons. The molecule has 5 heteroatoms. The van der Waals surface area contributed by atoms with E-state index in [9.17, 15) is 9.59 Å². The number of carbonyl (C=O) groups excluding carboxylic acids is 2. The Morgan fingerprint density at radius 3 is 2.32 bits per heavy atom. The maximum Gasteiger partial charge on any atom is 0.264 e. The number of carbonyl (C=O) groups is 2. The van der Waals surface area contributed by atoms with Gasteiger partial charge in [-0.25, -0.2) is 0 Å². The van der Waals surface area contributed by atoms with Crippen LogP contribution in [0.3, 0.4) is 0 Å². The highest BCUT2D eigenvalue weighted by molar-refractivity contribution is 7.15. The third kappa shape index (κ3) is 4.65. The Balaban J connectivity index is 1.48. The summed E-state index contributed by atoms with van der Waals surface area (Å²) in [6, 6.07) is 13.8. The van der Waals surface area contributed by atoms with Crippen LogP contribution in [-0.4, -0.2) is 54.2 Å². The Morgan fingerprint density at radius 1 is 1.00 bits per heavy atom. The van der Waals surface area contributed by atoms with Gasteiger partial charge < -0.3 is 4.90 Å². The van der Waals surface area contributed by atoms with Crippen molar-refractivity contribution in [3.8, 4) is 0 Å². The number of hydrogen-bond acceptors (Lipinski definition) is 4. The molecule has 1 aliphatic heterocycles. The van der Waals surface area contributed by atoms with E-state index < -0.39 is 0 Å². The number of ketones is 1. The molecule has 0 saturated carbocycles. The lowest BCUT2D eigenvalue weighted by Gasteiger charge is -2.33. The van der Waals surface area contributed by atoms with Crippen molar-refractivity contribution in [1.29, 1.82) is 0 Å². The van der Waals surface area contributed by atoms with E-state index in [0.717, 1.165) is 32.7 Å². The van der Waals surface area contributed by atoms with Crippen molar-refractivity contribution in [2.45, 2.75) is 6.92 Å². The molecule has 2 aromatic rings. The zero-order chi connectivity index (χ0) is 17.6. The first kappa shape index (κ1) is 17.6. The highest BCUT2D eigenvalue weighted by atomic mass is 32.1. The van der Waals surface area contributed by atoms with E-state index in [0.29, 0.717) is 9.75 Å². The molecule has 0 unspecified atom stereocenters. The number of amides is 1. The summed E-state index contributed by atoms with van der Waals surface area (Å²) in [5.41, 5.74) is 1.20. The van der Waals surface area contributed by atoms with Gasteiger partial charge in [0.05, 0.1) is 9.75 Å². The third-order valence-electron chi connectivity index (χ3n) is 4.30. The molecule has 0 N–H and O–H groups in total. The zero-order valence-corrected chi connectivity index (χ0v) is 15.2. The fourth-order valence-electron chi connectivity index (χ4n) is 2.83. The molecule has 1 amide bonds. The summed E-state index contributed by atoms with van der Waals surface area (Å²) >= 11 is 1.29. The molecular formula is C20H22N2O2S. The van der Waals surface area contributed by atoms with E-state index in [1.807, 2.05) is 23.1 Å². The van der Waals surface area contributed by atoms with Gasteiger partial charge in [0, 0.05) is 32.7 Å². The minimum atomic E-state index is 0.0130. The molecule has 0 atom stereocenters. The van der Waals surface area contributed by atoms with Gasteiger partial charge in [-0.05, 0) is 24.6 Å². The molecule has 3 rings (SSSR count). The van der Waals surface area contributed by atoms with Gasteiger partial charge in [-0.1, -0.05) is 42.5 Å². The van der Waals surface area contributed by atoms with Crippen LogP contribution >= 0.6 is 11.3 Å². The highest BCUT2D eigenvalue weighted by Gasteiger charge is 2.23. The van der Waals surface area contributed by atoms with E-state index in [-0.39, 0.29) is 11.7 Å². The predicted molar refractivity (Wildman–Crippen MR) is 102 cm³/mol. The first-order chi connectivity index (χ1) is 12.1. The molecule has 0 radical (unpaired) electrons. The molecule has 1 saturated heterocycles. The lowest BCUT2D eigenvalue weighted by atomic mass is 10.2. The maximum atomic E-state index is 12.5. The Labute approximate surface area is 152 Å². The van der Waals surface area contributed by atoms with Crippen molar-refractivity contribution in [3.63, 3.8) is 0 Å². The van der Waals surface area contributed by atoms with Crippen LogP contribution in [0.2, 0.25) is 0 Å². The fraction of sp³-hybridized carbons (Fsp3) is 0.300. The highest BCUT2D eigenvalue weighted by Crippen LogP contribution is 2.19. The molecule has 1 aliphatic rings. The Hall–Kier alpha value is -2.24. The van der Waals surface area contributed by atoms with Gasteiger partial charge in [0.15, 0.2) is 5.78 Å². The molecule has 4 nitrogen and oxygen atoms in total. The summed E-state index contributed by atoms with van der Waals surface area (Å²) < 4.78 is 0. The van der Waals surface area contributed by atoms with Gasteiger partial charge in [0.25, 0.3) is 5.91 Å². The minimum absolute atomic E-state index is 0.0130. The van der Waals surface area contributed by atoms with Crippen LogP contribution in [0.5, 0.6) is 0 Å². The van der Waals surface area contributed by atoms with Crippen LogP contribution < -0.4 is 0 Å². The Bertz CT molecular complexity index is 759. The van der Waals surface area contributed by atoms with Crippen molar-refractivity contribution in [3.05, 3.63) is 63.9 Å². The molecule has 2 heterocycles. The van der Waals surface area contributed by atoms with Gasteiger partial charge in [0.2, 0.25) is 0 Å². The van der Waals surface area contributed by atoms with Crippen LogP contribution in [0.1, 0.15) is 31.8 Å². The van der Waals surface area contributed by atoms with Crippen LogP contribution in [0.4, 0.5) is 0 Å². The topological polar surface area (TPSA) is 40.6 Å². The molecule has 0 aliphatic carbocycles. The SMILES string of the molecule is CC(=O)c1ccc(C(=O)N2CCN(CC=Cc3ccccc3)CC2)s1.